The molecule has 0 aliphatic heterocycles. The van der Waals surface area contributed by atoms with Crippen LogP contribution < -0.4 is 5.32 Å². The highest BCUT2D eigenvalue weighted by Gasteiger charge is 2.10. The first-order chi connectivity index (χ1) is 8.40. The Morgan fingerprint density at radius 3 is 2.71 bits per heavy atom. The summed E-state index contributed by atoms with van der Waals surface area (Å²) in [6.45, 7) is 0.706. The van der Waals surface area contributed by atoms with Crippen molar-refractivity contribution in [1.82, 2.24) is 5.32 Å². The topological polar surface area (TPSA) is 49.0 Å². The third-order valence-corrected chi connectivity index (χ3v) is 2.63. The zero-order chi connectivity index (χ0) is 11.9. The van der Waals surface area contributed by atoms with Crippen LogP contribution in [0.4, 0.5) is 0 Å². The van der Waals surface area contributed by atoms with Crippen molar-refractivity contribution in [2.75, 3.05) is 0 Å². The molecule has 86 valence electrons. The van der Waals surface area contributed by atoms with E-state index in [-0.39, 0.29) is 6.04 Å². The van der Waals surface area contributed by atoms with E-state index in [1.165, 1.54) is 0 Å². The van der Waals surface area contributed by atoms with Crippen molar-refractivity contribution < 1.29 is 4.42 Å². The van der Waals surface area contributed by atoms with Gasteiger partial charge in [-0.1, -0.05) is 30.3 Å². The van der Waals surface area contributed by atoms with Gasteiger partial charge in [-0.2, -0.15) is 5.26 Å². The van der Waals surface area contributed by atoms with Gasteiger partial charge >= 0.3 is 0 Å². The van der Waals surface area contributed by atoms with E-state index >= 15 is 0 Å². The van der Waals surface area contributed by atoms with E-state index in [9.17, 15) is 0 Å². The van der Waals surface area contributed by atoms with Gasteiger partial charge in [0.25, 0.3) is 0 Å². The highest BCUT2D eigenvalue weighted by molar-refractivity contribution is 5.20. The summed E-state index contributed by atoms with van der Waals surface area (Å²) in [6, 6.07) is 14.2. The molecule has 0 aliphatic carbocycles. The molecular weight excluding hydrogens is 212 g/mol. The van der Waals surface area contributed by atoms with Gasteiger partial charge in [0.2, 0.25) is 0 Å². The maximum atomic E-state index is 8.85. The highest BCUT2D eigenvalue weighted by atomic mass is 16.3. The molecule has 0 fully saturated rings. The van der Waals surface area contributed by atoms with Crippen LogP contribution in [-0.2, 0) is 6.54 Å². The van der Waals surface area contributed by atoms with Crippen LogP contribution in [0.5, 0.6) is 0 Å². The Hall–Kier alpha value is -2.05. The smallest absolute Gasteiger partial charge is 0.0947 e. The Morgan fingerprint density at radius 1 is 1.24 bits per heavy atom. The van der Waals surface area contributed by atoms with Gasteiger partial charge < -0.3 is 9.73 Å². The average molecular weight is 226 g/mol. The summed E-state index contributed by atoms with van der Waals surface area (Å²) in [5.74, 6) is 0. The normalized spacial score (nSPS) is 11.9. The first kappa shape index (κ1) is 11.4. The molecule has 0 bridgehead atoms. The molecular formula is C14H14N2O. The second kappa shape index (κ2) is 5.88. The van der Waals surface area contributed by atoms with Crippen LogP contribution in [0.25, 0.3) is 0 Å². The van der Waals surface area contributed by atoms with Crippen molar-refractivity contribution in [3.8, 4) is 6.07 Å². The molecule has 2 rings (SSSR count). The summed E-state index contributed by atoms with van der Waals surface area (Å²) in [6.07, 6.45) is 3.82. The highest BCUT2D eigenvalue weighted by Crippen LogP contribution is 2.16. The number of benzene rings is 1. The van der Waals surface area contributed by atoms with Gasteiger partial charge in [-0.25, -0.2) is 0 Å². The molecule has 0 amide bonds. The standard InChI is InChI=1S/C14H14N2O/c15-8-6-14(13-4-2-1-3-5-13)16-10-12-7-9-17-11-12/h1-5,7,9,11,14,16H,6,10H2. The Kier molecular flexibility index (Phi) is 3.95. The third-order valence-electron chi connectivity index (χ3n) is 2.63. The maximum Gasteiger partial charge on any atom is 0.0947 e. The fraction of sp³-hybridized carbons (Fsp3) is 0.214. The van der Waals surface area contributed by atoms with Crippen LogP contribution in [0.3, 0.4) is 0 Å². The van der Waals surface area contributed by atoms with Crippen molar-refractivity contribution in [1.29, 1.82) is 5.26 Å². The largest absolute Gasteiger partial charge is 0.472 e. The Bertz CT molecular complexity index is 471. The lowest BCUT2D eigenvalue weighted by Gasteiger charge is -2.15. The van der Waals surface area contributed by atoms with Gasteiger partial charge in [0.05, 0.1) is 25.0 Å². The molecule has 1 unspecified atom stereocenters. The summed E-state index contributed by atoms with van der Waals surface area (Å²) in [5, 5.41) is 12.2. The van der Waals surface area contributed by atoms with Crippen LogP contribution >= 0.6 is 0 Å². The molecule has 0 saturated carbocycles. The molecule has 1 N–H and O–H groups in total. The molecule has 0 radical (unpaired) electrons. The SMILES string of the molecule is N#CCC(NCc1ccoc1)c1ccccc1. The van der Waals surface area contributed by atoms with Gasteiger partial charge in [-0.3, -0.25) is 0 Å². The van der Waals surface area contributed by atoms with Crippen molar-refractivity contribution in [3.63, 3.8) is 0 Å². The summed E-state index contributed by atoms with van der Waals surface area (Å²) < 4.78 is 5.01. The lowest BCUT2D eigenvalue weighted by atomic mass is 10.0. The van der Waals surface area contributed by atoms with Crippen molar-refractivity contribution in [2.45, 2.75) is 19.0 Å². The van der Waals surface area contributed by atoms with Crippen molar-refractivity contribution >= 4 is 0 Å². The number of rotatable bonds is 5. The fourth-order valence-corrected chi connectivity index (χ4v) is 1.72. The van der Waals surface area contributed by atoms with Gasteiger partial charge in [0.15, 0.2) is 0 Å². The first-order valence-corrected chi connectivity index (χ1v) is 5.56. The van der Waals surface area contributed by atoms with E-state index in [1.54, 1.807) is 12.5 Å². The quantitative estimate of drug-likeness (QED) is 0.852. The lowest BCUT2D eigenvalue weighted by molar-refractivity contribution is 0.530. The van der Waals surface area contributed by atoms with E-state index in [0.717, 1.165) is 11.1 Å². The second-order valence-electron chi connectivity index (χ2n) is 3.84. The molecule has 3 nitrogen and oxygen atoms in total. The molecule has 0 aliphatic rings. The van der Waals surface area contributed by atoms with E-state index in [0.29, 0.717) is 13.0 Å². The van der Waals surface area contributed by atoms with E-state index in [1.807, 2.05) is 36.4 Å². The molecule has 1 aromatic heterocycles. The Balaban J connectivity index is 2.01. The molecule has 2 aromatic rings. The molecule has 17 heavy (non-hydrogen) atoms. The van der Waals surface area contributed by atoms with Crippen LogP contribution in [-0.4, -0.2) is 0 Å². The van der Waals surface area contributed by atoms with Gasteiger partial charge in [-0.15, -0.1) is 0 Å². The van der Waals surface area contributed by atoms with Crippen molar-refractivity contribution in [3.05, 3.63) is 60.1 Å². The summed E-state index contributed by atoms with van der Waals surface area (Å²) in [4.78, 5) is 0. The van der Waals surface area contributed by atoms with E-state index < -0.39 is 0 Å². The number of nitrogens with zero attached hydrogens (tertiary/aromatic N) is 1. The number of hydrogen-bond donors (Lipinski definition) is 1. The van der Waals surface area contributed by atoms with E-state index in [4.69, 9.17) is 9.68 Å². The molecule has 1 aromatic carbocycles. The third kappa shape index (κ3) is 3.20. The Labute approximate surface area is 101 Å². The predicted octanol–water partition coefficient (Wildman–Crippen LogP) is 3.02. The number of furan rings is 1. The molecule has 0 saturated heterocycles. The molecule has 1 atom stereocenters. The Morgan fingerprint density at radius 2 is 2.06 bits per heavy atom. The summed E-state index contributed by atoms with van der Waals surface area (Å²) >= 11 is 0. The van der Waals surface area contributed by atoms with Crippen LogP contribution in [0.2, 0.25) is 0 Å². The van der Waals surface area contributed by atoms with Gasteiger partial charge in [0.1, 0.15) is 0 Å². The van der Waals surface area contributed by atoms with Crippen LogP contribution in [0, 0.1) is 11.3 Å². The maximum absolute atomic E-state index is 8.85. The van der Waals surface area contributed by atoms with Gasteiger partial charge in [-0.05, 0) is 11.6 Å². The monoisotopic (exact) mass is 226 g/mol. The van der Waals surface area contributed by atoms with E-state index in [2.05, 4.69) is 11.4 Å². The fourth-order valence-electron chi connectivity index (χ4n) is 1.72. The summed E-state index contributed by atoms with van der Waals surface area (Å²) in [5.41, 5.74) is 2.22. The average Bonchev–Trinajstić information content (AvgIpc) is 2.88. The number of nitriles is 1. The molecule has 0 spiro atoms. The number of nitrogens with one attached hydrogen (secondary N) is 1. The van der Waals surface area contributed by atoms with Crippen LogP contribution in [0.15, 0.2) is 53.3 Å². The van der Waals surface area contributed by atoms with Crippen LogP contribution in [0.1, 0.15) is 23.6 Å². The van der Waals surface area contributed by atoms with Crippen molar-refractivity contribution in [2.24, 2.45) is 0 Å². The predicted molar refractivity (Wildman–Crippen MR) is 65.0 cm³/mol. The zero-order valence-corrected chi connectivity index (χ0v) is 9.47. The second-order valence-corrected chi connectivity index (χ2v) is 3.84. The lowest BCUT2D eigenvalue weighted by Crippen LogP contribution is -2.20. The van der Waals surface area contributed by atoms with Gasteiger partial charge in [0, 0.05) is 18.2 Å². The molecule has 3 heteroatoms. The minimum absolute atomic E-state index is 0.0658. The zero-order valence-electron chi connectivity index (χ0n) is 9.47. The minimum atomic E-state index is 0.0658. The first-order valence-electron chi connectivity index (χ1n) is 5.56. The number of hydrogen-bond acceptors (Lipinski definition) is 3. The minimum Gasteiger partial charge on any atom is -0.472 e. The molecule has 1 heterocycles. The summed E-state index contributed by atoms with van der Waals surface area (Å²) in [7, 11) is 0.